The summed E-state index contributed by atoms with van der Waals surface area (Å²) >= 11 is 3.68. The third-order valence-corrected chi connectivity index (χ3v) is 4.24. The van der Waals surface area contributed by atoms with Gasteiger partial charge in [-0.3, -0.25) is 0 Å². The second-order valence-corrected chi connectivity index (χ2v) is 5.21. The summed E-state index contributed by atoms with van der Waals surface area (Å²) in [6.45, 7) is 4.06. The molecule has 0 saturated carbocycles. The van der Waals surface area contributed by atoms with Crippen LogP contribution in [0.25, 0.3) is 10.9 Å². The molecule has 0 fully saturated rings. The number of aryl methyl sites for hydroxylation is 1. The maximum atomic E-state index is 5.52. The molecule has 0 radical (unpaired) electrons. The molecule has 0 bridgehead atoms. The molecule has 0 spiro atoms. The zero-order chi connectivity index (χ0) is 12.3. The van der Waals surface area contributed by atoms with E-state index in [1.54, 1.807) is 0 Å². The van der Waals surface area contributed by atoms with Gasteiger partial charge in [0.05, 0.1) is 0 Å². The first kappa shape index (κ1) is 12.7. The fourth-order valence-electron chi connectivity index (χ4n) is 2.27. The standard InChI is InChI=1S/C14H19BrN2/c1-11-14(15)12-7-3-4-8-13(12)17(11)10-6-2-5-9-16/h3-4,7-8H,2,5-6,9-10,16H2,1H3. The van der Waals surface area contributed by atoms with Crippen molar-refractivity contribution < 1.29 is 0 Å². The lowest BCUT2D eigenvalue weighted by Crippen LogP contribution is -2.02. The highest BCUT2D eigenvalue weighted by molar-refractivity contribution is 9.10. The maximum absolute atomic E-state index is 5.52. The summed E-state index contributed by atoms with van der Waals surface area (Å²) < 4.78 is 3.63. The Morgan fingerprint density at radius 1 is 1.18 bits per heavy atom. The van der Waals surface area contributed by atoms with Gasteiger partial charge in [-0.1, -0.05) is 24.6 Å². The minimum absolute atomic E-state index is 0.801. The third-order valence-electron chi connectivity index (χ3n) is 3.24. The molecule has 1 aromatic heterocycles. The largest absolute Gasteiger partial charge is 0.344 e. The zero-order valence-corrected chi connectivity index (χ0v) is 11.8. The van der Waals surface area contributed by atoms with Crippen LogP contribution < -0.4 is 5.73 Å². The second-order valence-electron chi connectivity index (χ2n) is 4.42. The van der Waals surface area contributed by atoms with Crippen molar-refractivity contribution in [1.29, 1.82) is 0 Å². The Kier molecular flexibility index (Phi) is 4.24. The summed E-state index contributed by atoms with van der Waals surface area (Å²) in [6, 6.07) is 8.55. The SMILES string of the molecule is Cc1c(Br)c2ccccc2n1CCCCCN. The lowest BCUT2D eigenvalue weighted by atomic mass is 10.2. The summed E-state index contributed by atoms with van der Waals surface area (Å²) in [5.74, 6) is 0. The highest BCUT2D eigenvalue weighted by Crippen LogP contribution is 2.30. The van der Waals surface area contributed by atoms with E-state index in [4.69, 9.17) is 5.73 Å². The molecule has 0 aliphatic carbocycles. The number of rotatable bonds is 5. The predicted molar refractivity (Wildman–Crippen MR) is 77.3 cm³/mol. The molecule has 2 nitrogen and oxygen atoms in total. The van der Waals surface area contributed by atoms with Crippen molar-refractivity contribution in [2.75, 3.05) is 6.54 Å². The van der Waals surface area contributed by atoms with E-state index in [-0.39, 0.29) is 0 Å². The molecule has 0 aliphatic heterocycles. The Labute approximate surface area is 111 Å². The summed E-state index contributed by atoms with van der Waals surface area (Å²) in [4.78, 5) is 0. The number of nitrogens with two attached hydrogens (primary N) is 1. The Hall–Kier alpha value is -0.800. The molecule has 0 unspecified atom stereocenters. The number of para-hydroxylation sites is 1. The number of hydrogen-bond donors (Lipinski definition) is 1. The molecule has 2 rings (SSSR count). The Balaban J connectivity index is 2.24. The minimum Gasteiger partial charge on any atom is -0.344 e. The molecule has 1 heterocycles. The van der Waals surface area contributed by atoms with Gasteiger partial charge >= 0.3 is 0 Å². The number of unbranched alkanes of at least 4 members (excludes halogenated alkanes) is 2. The van der Waals surface area contributed by atoms with Gasteiger partial charge in [-0.2, -0.15) is 0 Å². The molecule has 0 saturated heterocycles. The summed E-state index contributed by atoms with van der Waals surface area (Å²) in [5.41, 5.74) is 8.16. The summed E-state index contributed by atoms with van der Waals surface area (Å²) in [7, 11) is 0. The van der Waals surface area contributed by atoms with Crippen molar-refractivity contribution in [2.24, 2.45) is 5.73 Å². The van der Waals surface area contributed by atoms with E-state index < -0.39 is 0 Å². The fraction of sp³-hybridized carbons (Fsp3) is 0.429. The number of aromatic nitrogens is 1. The van der Waals surface area contributed by atoms with Gasteiger partial charge in [0.15, 0.2) is 0 Å². The van der Waals surface area contributed by atoms with Crippen molar-refractivity contribution in [3.05, 3.63) is 34.4 Å². The third kappa shape index (κ3) is 2.55. The van der Waals surface area contributed by atoms with E-state index in [2.05, 4.69) is 51.7 Å². The van der Waals surface area contributed by atoms with Gasteiger partial charge in [0.25, 0.3) is 0 Å². The average molecular weight is 295 g/mol. The second kappa shape index (κ2) is 5.69. The molecule has 92 valence electrons. The van der Waals surface area contributed by atoms with E-state index in [0.717, 1.165) is 19.5 Å². The minimum atomic E-state index is 0.801. The Morgan fingerprint density at radius 3 is 2.71 bits per heavy atom. The van der Waals surface area contributed by atoms with Gasteiger partial charge in [0.2, 0.25) is 0 Å². The maximum Gasteiger partial charge on any atom is 0.0494 e. The number of hydrogen-bond acceptors (Lipinski definition) is 1. The first-order valence-electron chi connectivity index (χ1n) is 6.19. The van der Waals surface area contributed by atoms with E-state index in [1.807, 2.05) is 0 Å². The van der Waals surface area contributed by atoms with Crippen molar-refractivity contribution in [2.45, 2.75) is 32.7 Å². The van der Waals surface area contributed by atoms with Crippen LogP contribution in [0.15, 0.2) is 28.7 Å². The molecule has 3 heteroatoms. The molecule has 2 aromatic rings. The van der Waals surface area contributed by atoms with E-state index in [9.17, 15) is 0 Å². The van der Waals surface area contributed by atoms with Crippen molar-refractivity contribution in [1.82, 2.24) is 4.57 Å². The Morgan fingerprint density at radius 2 is 1.94 bits per heavy atom. The highest BCUT2D eigenvalue weighted by Gasteiger charge is 2.10. The number of fused-ring (bicyclic) bond motifs is 1. The normalized spacial score (nSPS) is 11.2. The number of nitrogens with zero attached hydrogens (tertiary/aromatic N) is 1. The van der Waals surface area contributed by atoms with E-state index in [1.165, 1.54) is 33.9 Å². The lowest BCUT2D eigenvalue weighted by molar-refractivity contribution is 0.595. The van der Waals surface area contributed by atoms with E-state index >= 15 is 0 Å². The van der Waals surface area contributed by atoms with Crippen LogP contribution >= 0.6 is 15.9 Å². The average Bonchev–Trinajstić information content (AvgIpc) is 2.60. The number of benzene rings is 1. The van der Waals surface area contributed by atoms with Crippen molar-refractivity contribution >= 4 is 26.8 Å². The molecular formula is C14H19BrN2. The quantitative estimate of drug-likeness (QED) is 0.835. The van der Waals surface area contributed by atoms with Crippen LogP contribution in [0.4, 0.5) is 0 Å². The van der Waals surface area contributed by atoms with Crippen LogP contribution in [0.2, 0.25) is 0 Å². The topological polar surface area (TPSA) is 30.9 Å². The van der Waals surface area contributed by atoms with Gasteiger partial charge in [0, 0.05) is 27.6 Å². The molecule has 0 amide bonds. The predicted octanol–water partition coefficient (Wildman–Crippen LogP) is 3.84. The fourth-order valence-corrected chi connectivity index (χ4v) is 2.82. The smallest absolute Gasteiger partial charge is 0.0494 e. The monoisotopic (exact) mass is 294 g/mol. The van der Waals surface area contributed by atoms with Crippen LogP contribution in [-0.4, -0.2) is 11.1 Å². The van der Waals surface area contributed by atoms with Crippen LogP contribution in [0.3, 0.4) is 0 Å². The highest BCUT2D eigenvalue weighted by atomic mass is 79.9. The van der Waals surface area contributed by atoms with Gasteiger partial charge in [-0.05, 0) is 48.3 Å². The van der Waals surface area contributed by atoms with Crippen molar-refractivity contribution in [3.8, 4) is 0 Å². The Bertz CT molecular complexity index is 502. The van der Waals surface area contributed by atoms with Gasteiger partial charge < -0.3 is 10.3 Å². The summed E-state index contributed by atoms with van der Waals surface area (Å²) in [5, 5.41) is 1.31. The summed E-state index contributed by atoms with van der Waals surface area (Å²) in [6.07, 6.45) is 3.53. The first-order chi connectivity index (χ1) is 8.25. The van der Waals surface area contributed by atoms with Gasteiger partial charge in [-0.25, -0.2) is 0 Å². The molecule has 17 heavy (non-hydrogen) atoms. The van der Waals surface area contributed by atoms with Crippen LogP contribution in [0.5, 0.6) is 0 Å². The molecule has 2 N–H and O–H groups in total. The lowest BCUT2D eigenvalue weighted by Gasteiger charge is -2.07. The molecule has 0 aliphatic rings. The van der Waals surface area contributed by atoms with Gasteiger partial charge in [-0.15, -0.1) is 0 Å². The molecule has 1 aromatic carbocycles. The van der Waals surface area contributed by atoms with Crippen LogP contribution in [0.1, 0.15) is 25.0 Å². The van der Waals surface area contributed by atoms with Crippen LogP contribution in [0, 0.1) is 6.92 Å². The zero-order valence-electron chi connectivity index (χ0n) is 10.2. The molecular weight excluding hydrogens is 276 g/mol. The van der Waals surface area contributed by atoms with Crippen LogP contribution in [-0.2, 0) is 6.54 Å². The molecule has 0 atom stereocenters. The van der Waals surface area contributed by atoms with Crippen molar-refractivity contribution in [3.63, 3.8) is 0 Å². The van der Waals surface area contributed by atoms with E-state index in [0.29, 0.717) is 0 Å². The first-order valence-corrected chi connectivity index (χ1v) is 6.98. The number of halogens is 1. The van der Waals surface area contributed by atoms with Gasteiger partial charge in [0.1, 0.15) is 0 Å².